The molecule has 0 radical (unpaired) electrons. The van der Waals surface area contributed by atoms with Gasteiger partial charge in [0.25, 0.3) is 0 Å². The summed E-state index contributed by atoms with van der Waals surface area (Å²) in [7, 11) is 0. The van der Waals surface area contributed by atoms with Crippen LogP contribution in [-0.2, 0) is 0 Å². The molecule has 2 atom stereocenters. The minimum atomic E-state index is 0.0896. The largest absolute Gasteiger partial charge is 0.396 e. The average molecular weight is 287 g/mol. The second-order valence-electron chi connectivity index (χ2n) is 5.78. The van der Waals surface area contributed by atoms with E-state index in [1.807, 2.05) is 31.2 Å². The SMILES string of the molecule is Cc1ccccc1-c1noc(C(C)N2CCC(CO)C2)n1. The zero-order valence-corrected chi connectivity index (χ0v) is 12.5. The summed E-state index contributed by atoms with van der Waals surface area (Å²) < 4.78 is 5.45. The van der Waals surface area contributed by atoms with Gasteiger partial charge < -0.3 is 9.63 Å². The summed E-state index contributed by atoms with van der Waals surface area (Å²) in [5, 5.41) is 13.4. The van der Waals surface area contributed by atoms with E-state index in [-0.39, 0.29) is 12.6 Å². The predicted octanol–water partition coefficient (Wildman–Crippen LogP) is 2.42. The van der Waals surface area contributed by atoms with Crippen LogP contribution in [0.4, 0.5) is 0 Å². The first-order chi connectivity index (χ1) is 10.2. The average Bonchev–Trinajstić information content (AvgIpc) is 3.16. The van der Waals surface area contributed by atoms with Gasteiger partial charge in [0.15, 0.2) is 0 Å². The molecule has 0 saturated carbocycles. The second kappa shape index (κ2) is 5.95. The Balaban J connectivity index is 1.77. The van der Waals surface area contributed by atoms with E-state index in [2.05, 4.69) is 22.0 Å². The van der Waals surface area contributed by atoms with Crippen LogP contribution < -0.4 is 0 Å². The van der Waals surface area contributed by atoms with Gasteiger partial charge in [-0.05, 0) is 38.3 Å². The van der Waals surface area contributed by atoms with E-state index >= 15 is 0 Å². The van der Waals surface area contributed by atoms with Gasteiger partial charge in [0.1, 0.15) is 0 Å². The first-order valence-corrected chi connectivity index (χ1v) is 7.43. The molecule has 21 heavy (non-hydrogen) atoms. The Kier molecular flexibility index (Phi) is 4.03. The summed E-state index contributed by atoms with van der Waals surface area (Å²) in [5.41, 5.74) is 2.15. The van der Waals surface area contributed by atoms with Crippen LogP contribution in [0, 0.1) is 12.8 Å². The Bertz CT molecular complexity index is 611. The number of aliphatic hydroxyl groups is 1. The monoisotopic (exact) mass is 287 g/mol. The smallest absolute Gasteiger partial charge is 0.244 e. The second-order valence-corrected chi connectivity index (χ2v) is 5.78. The third kappa shape index (κ3) is 2.84. The van der Waals surface area contributed by atoms with Crippen molar-refractivity contribution in [3.8, 4) is 11.4 Å². The molecule has 1 N–H and O–H groups in total. The van der Waals surface area contributed by atoms with Crippen molar-refractivity contribution < 1.29 is 9.63 Å². The third-order valence-electron chi connectivity index (χ3n) is 4.31. The van der Waals surface area contributed by atoms with Crippen LogP contribution in [0.5, 0.6) is 0 Å². The molecule has 1 aliphatic rings. The molecule has 1 fully saturated rings. The van der Waals surface area contributed by atoms with Crippen molar-refractivity contribution in [3.05, 3.63) is 35.7 Å². The Morgan fingerprint density at radius 2 is 2.24 bits per heavy atom. The van der Waals surface area contributed by atoms with Crippen LogP contribution in [0.2, 0.25) is 0 Å². The molecule has 2 aromatic rings. The van der Waals surface area contributed by atoms with Gasteiger partial charge >= 0.3 is 0 Å². The zero-order valence-electron chi connectivity index (χ0n) is 12.5. The maximum absolute atomic E-state index is 9.24. The van der Waals surface area contributed by atoms with Gasteiger partial charge in [-0.25, -0.2) is 0 Å². The van der Waals surface area contributed by atoms with E-state index in [0.717, 1.165) is 30.6 Å². The van der Waals surface area contributed by atoms with E-state index in [0.29, 0.717) is 17.6 Å². The van der Waals surface area contributed by atoms with Crippen LogP contribution in [0.15, 0.2) is 28.8 Å². The number of aromatic nitrogens is 2. The van der Waals surface area contributed by atoms with E-state index in [1.54, 1.807) is 0 Å². The molecular formula is C16H21N3O2. The molecule has 0 bridgehead atoms. The molecule has 3 rings (SSSR count). The van der Waals surface area contributed by atoms with Gasteiger partial charge in [-0.1, -0.05) is 29.4 Å². The first kappa shape index (κ1) is 14.2. The molecule has 5 nitrogen and oxygen atoms in total. The molecule has 1 saturated heterocycles. The highest BCUT2D eigenvalue weighted by molar-refractivity contribution is 5.58. The topological polar surface area (TPSA) is 62.4 Å². The number of nitrogens with zero attached hydrogens (tertiary/aromatic N) is 3. The first-order valence-electron chi connectivity index (χ1n) is 7.43. The van der Waals surface area contributed by atoms with Crippen molar-refractivity contribution in [1.82, 2.24) is 15.0 Å². The molecule has 0 amide bonds. The third-order valence-corrected chi connectivity index (χ3v) is 4.31. The highest BCUT2D eigenvalue weighted by Crippen LogP contribution is 2.28. The molecule has 1 aromatic carbocycles. The van der Waals surface area contributed by atoms with Gasteiger partial charge in [0, 0.05) is 18.7 Å². The van der Waals surface area contributed by atoms with Crippen molar-refractivity contribution in [2.45, 2.75) is 26.3 Å². The van der Waals surface area contributed by atoms with E-state index in [9.17, 15) is 5.11 Å². The summed E-state index contributed by atoms with van der Waals surface area (Å²) in [4.78, 5) is 6.84. The number of aliphatic hydroxyl groups excluding tert-OH is 1. The highest BCUT2D eigenvalue weighted by atomic mass is 16.5. The fraction of sp³-hybridized carbons (Fsp3) is 0.500. The number of hydrogen-bond acceptors (Lipinski definition) is 5. The number of likely N-dealkylation sites (tertiary alicyclic amines) is 1. The zero-order chi connectivity index (χ0) is 14.8. The fourth-order valence-corrected chi connectivity index (χ4v) is 2.86. The lowest BCUT2D eigenvalue weighted by atomic mass is 10.1. The van der Waals surface area contributed by atoms with Crippen LogP contribution in [-0.4, -0.2) is 39.8 Å². The Morgan fingerprint density at radius 1 is 1.43 bits per heavy atom. The summed E-state index contributed by atoms with van der Waals surface area (Å²) in [6.45, 7) is 6.23. The molecule has 0 aliphatic carbocycles. The lowest BCUT2D eigenvalue weighted by Crippen LogP contribution is -2.25. The highest BCUT2D eigenvalue weighted by Gasteiger charge is 2.29. The van der Waals surface area contributed by atoms with Crippen LogP contribution in [0.3, 0.4) is 0 Å². The summed E-state index contributed by atoms with van der Waals surface area (Å²) in [5.74, 6) is 1.66. The molecule has 2 heterocycles. The van der Waals surface area contributed by atoms with E-state index < -0.39 is 0 Å². The van der Waals surface area contributed by atoms with E-state index in [1.165, 1.54) is 0 Å². The van der Waals surface area contributed by atoms with Gasteiger partial charge in [-0.3, -0.25) is 4.90 Å². The van der Waals surface area contributed by atoms with Crippen LogP contribution >= 0.6 is 0 Å². The van der Waals surface area contributed by atoms with Gasteiger partial charge in [0.05, 0.1) is 6.04 Å². The lowest BCUT2D eigenvalue weighted by Gasteiger charge is -2.20. The van der Waals surface area contributed by atoms with Gasteiger partial charge in [-0.2, -0.15) is 4.98 Å². The summed E-state index contributed by atoms with van der Waals surface area (Å²) >= 11 is 0. The molecule has 2 unspecified atom stereocenters. The van der Waals surface area contributed by atoms with Crippen molar-refractivity contribution >= 4 is 0 Å². The fourth-order valence-electron chi connectivity index (χ4n) is 2.86. The van der Waals surface area contributed by atoms with E-state index in [4.69, 9.17) is 4.52 Å². The normalized spacial score (nSPS) is 20.8. The number of aryl methyl sites for hydroxylation is 1. The molecule has 5 heteroatoms. The Hall–Kier alpha value is -1.72. The minimum Gasteiger partial charge on any atom is -0.396 e. The molecule has 1 aliphatic heterocycles. The van der Waals surface area contributed by atoms with Crippen molar-refractivity contribution in [1.29, 1.82) is 0 Å². The number of hydrogen-bond donors (Lipinski definition) is 1. The maximum atomic E-state index is 9.24. The number of rotatable bonds is 4. The molecule has 0 spiro atoms. The standard InChI is InChI=1S/C16H21N3O2/c1-11-5-3-4-6-14(11)15-17-16(21-18-15)12(2)19-8-7-13(9-19)10-20/h3-6,12-13,20H,7-10H2,1-2H3. The van der Waals surface area contributed by atoms with Crippen molar-refractivity contribution in [3.63, 3.8) is 0 Å². The lowest BCUT2D eigenvalue weighted by molar-refractivity contribution is 0.182. The van der Waals surface area contributed by atoms with Crippen molar-refractivity contribution in [2.24, 2.45) is 5.92 Å². The quantitative estimate of drug-likeness (QED) is 0.935. The Labute approximate surface area is 124 Å². The molecular weight excluding hydrogens is 266 g/mol. The summed E-state index contributed by atoms with van der Waals surface area (Å²) in [6, 6.07) is 8.12. The minimum absolute atomic E-state index is 0.0896. The maximum Gasteiger partial charge on any atom is 0.244 e. The molecule has 1 aromatic heterocycles. The molecule has 112 valence electrons. The van der Waals surface area contributed by atoms with Gasteiger partial charge in [0.2, 0.25) is 11.7 Å². The Morgan fingerprint density at radius 3 is 2.95 bits per heavy atom. The van der Waals surface area contributed by atoms with Crippen LogP contribution in [0.25, 0.3) is 11.4 Å². The summed E-state index contributed by atoms with van der Waals surface area (Å²) in [6.07, 6.45) is 1.03. The van der Waals surface area contributed by atoms with Gasteiger partial charge in [-0.15, -0.1) is 0 Å². The van der Waals surface area contributed by atoms with Crippen molar-refractivity contribution in [2.75, 3.05) is 19.7 Å². The number of benzene rings is 1. The predicted molar refractivity (Wildman–Crippen MR) is 79.7 cm³/mol. The van der Waals surface area contributed by atoms with Crippen LogP contribution in [0.1, 0.15) is 30.8 Å².